The number of aryl methyl sites for hydroxylation is 3. The van der Waals surface area contributed by atoms with Gasteiger partial charge in [0.1, 0.15) is 5.75 Å². The molecule has 0 aliphatic carbocycles. The van der Waals surface area contributed by atoms with E-state index in [0.717, 1.165) is 28.1 Å². The zero-order valence-electron chi connectivity index (χ0n) is 16.1. The molecule has 0 aromatic heterocycles. The van der Waals surface area contributed by atoms with Crippen molar-refractivity contribution in [3.05, 3.63) is 58.1 Å². The van der Waals surface area contributed by atoms with Gasteiger partial charge in [-0.15, -0.1) is 0 Å². The second-order valence-corrected chi connectivity index (χ2v) is 6.73. The summed E-state index contributed by atoms with van der Waals surface area (Å²) in [7, 11) is 3.65. The number of carbonyl (C=O) groups is 1. The Morgan fingerprint density at radius 1 is 1.08 bits per heavy atom. The predicted octanol–water partition coefficient (Wildman–Crippen LogP) is 4.00. The van der Waals surface area contributed by atoms with Crippen LogP contribution in [0.3, 0.4) is 0 Å². The third-order valence-electron chi connectivity index (χ3n) is 4.47. The van der Waals surface area contributed by atoms with Crippen LogP contribution in [-0.2, 0) is 11.3 Å². The zero-order chi connectivity index (χ0) is 18.6. The van der Waals surface area contributed by atoms with Gasteiger partial charge in [0, 0.05) is 12.2 Å². The lowest BCUT2D eigenvalue weighted by Gasteiger charge is -2.19. The fourth-order valence-corrected chi connectivity index (χ4v) is 3.14. The van der Waals surface area contributed by atoms with Crippen molar-refractivity contribution >= 4 is 11.6 Å². The van der Waals surface area contributed by atoms with Crippen molar-refractivity contribution in [2.24, 2.45) is 0 Å². The molecule has 0 radical (unpaired) electrons. The third-order valence-corrected chi connectivity index (χ3v) is 4.47. The Kier molecular flexibility index (Phi) is 6.21. The number of methoxy groups -OCH3 is 1. The summed E-state index contributed by atoms with van der Waals surface area (Å²) in [6.07, 6.45) is 0. The first-order valence-corrected chi connectivity index (χ1v) is 8.50. The van der Waals surface area contributed by atoms with Crippen molar-refractivity contribution in [3.63, 3.8) is 0 Å². The Morgan fingerprint density at radius 3 is 2.32 bits per heavy atom. The summed E-state index contributed by atoms with van der Waals surface area (Å²) in [6.45, 7) is 9.22. The van der Waals surface area contributed by atoms with E-state index in [1.807, 2.05) is 57.8 Å². The summed E-state index contributed by atoms with van der Waals surface area (Å²) in [5, 5.41) is 3.01. The molecule has 0 atom stereocenters. The van der Waals surface area contributed by atoms with E-state index in [1.165, 1.54) is 11.1 Å². The van der Waals surface area contributed by atoms with Gasteiger partial charge < -0.3 is 10.1 Å². The SMILES string of the molecule is COc1c(C)cc(CN(C)CC(=O)Nc2cccc(C)c2C)cc1C. The Morgan fingerprint density at radius 2 is 1.72 bits per heavy atom. The lowest BCUT2D eigenvalue weighted by molar-refractivity contribution is -0.117. The van der Waals surface area contributed by atoms with Gasteiger partial charge in [0.05, 0.1) is 13.7 Å². The highest BCUT2D eigenvalue weighted by atomic mass is 16.5. The first-order chi connectivity index (χ1) is 11.8. The van der Waals surface area contributed by atoms with Gasteiger partial charge in [-0.3, -0.25) is 9.69 Å². The molecule has 4 nitrogen and oxygen atoms in total. The van der Waals surface area contributed by atoms with Crippen LogP contribution in [0.5, 0.6) is 5.75 Å². The maximum Gasteiger partial charge on any atom is 0.238 e. The minimum absolute atomic E-state index is 0.00171. The van der Waals surface area contributed by atoms with Gasteiger partial charge in [-0.05, 0) is 68.6 Å². The molecular formula is C21H28N2O2. The van der Waals surface area contributed by atoms with E-state index >= 15 is 0 Å². The Balaban J connectivity index is 1.99. The number of nitrogens with one attached hydrogen (secondary N) is 1. The van der Waals surface area contributed by atoms with Crippen molar-refractivity contribution < 1.29 is 9.53 Å². The van der Waals surface area contributed by atoms with Crippen LogP contribution in [0.15, 0.2) is 30.3 Å². The molecule has 134 valence electrons. The molecule has 0 saturated carbocycles. The van der Waals surface area contributed by atoms with E-state index in [4.69, 9.17) is 4.74 Å². The van der Waals surface area contributed by atoms with Crippen molar-refractivity contribution in [1.29, 1.82) is 0 Å². The van der Waals surface area contributed by atoms with Crippen molar-refractivity contribution in [3.8, 4) is 5.75 Å². The molecule has 2 aromatic rings. The summed E-state index contributed by atoms with van der Waals surface area (Å²) >= 11 is 0. The number of benzene rings is 2. The topological polar surface area (TPSA) is 41.6 Å². The minimum atomic E-state index is -0.00171. The van der Waals surface area contributed by atoms with Crippen LogP contribution in [0.4, 0.5) is 5.69 Å². The average Bonchev–Trinajstić information content (AvgIpc) is 2.51. The van der Waals surface area contributed by atoms with Crippen LogP contribution < -0.4 is 10.1 Å². The van der Waals surface area contributed by atoms with Crippen LogP contribution in [0.1, 0.15) is 27.8 Å². The zero-order valence-corrected chi connectivity index (χ0v) is 16.1. The number of hydrogen-bond donors (Lipinski definition) is 1. The van der Waals surface area contributed by atoms with Gasteiger partial charge >= 0.3 is 0 Å². The maximum atomic E-state index is 12.3. The van der Waals surface area contributed by atoms with E-state index in [1.54, 1.807) is 7.11 Å². The highest BCUT2D eigenvalue weighted by Crippen LogP contribution is 2.25. The Bertz CT molecular complexity index is 745. The third kappa shape index (κ3) is 4.83. The van der Waals surface area contributed by atoms with Crippen LogP contribution in [-0.4, -0.2) is 31.5 Å². The number of ether oxygens (including phenoxy) is 1. The van der Waals surface area contributed by atoms with Crippen molar-refractivity contribution in [2.45, 2.75) is 34.2 Å². The van der Waals surface area contributed by atoms with Crippen molar-refractivity contribution in [1.82, 2.24) is 4.90 Å². The largest absolute Gasteiger partial charge is 0.496 e. The standard InChI is InChI=1S/C21H28N2O2/c1-14-8-7-9-19(17(14)4)22-20(24)13-23(5)12-18-10-15(2)21(25-6)16(3)11-18/h7-11H,12-13H2,1-6H3,(H,22,24). The van der Waals surface area contributed by atoms with Gasteiger partial charge in [-0.25, -0.2) is 0 Å². The van der Waals surface area contributed by atoms with Gasteiger partial charge in [0.15, 0.2) is 0 Å². The summed E-state index contributed by atoms with van der Waals surface area (Å²) < 4.78 is 5.41. The molecule has 25 heavy (non-hydrogen) atoms. The number of nitrogens with zero attached hydrogens (tertiary/aromatic N) is 1. The summed E-state index contributed by atoms with van der Waals surface area (Å²) in [4.78, 5) is 14.4. The van der Waals surface area contributed by atoms with E-state index in [2.05, 4.69) is 17.4 Å². The van der Waals surface area contributed by atoms with Gasteiger partial charge in [-0.2, -0.15) is 0 Å². The van der Waals surface area contributed by atoms with Gasteiger partial charge in [0.2, 0.25) is 5.91 Å². The molecule has 0 saturated heterocycles. The Hall–Kier alpha value is -2.33. The first-order valence-electron chi connectivity index (χ1n) is 8.50. The molecule has 0 aliphatic rings. The molecule has 0 fully saturated rings. The van der Waals surface area contributed by atoms with E-state index in [9.17, 15) is 4.79 Å². The van der Waals surface area contributed by atoms with Gasteiger partial charge in [0.25, 0.3) is 0 Å². The number of hydrogen-bond acceptors (Lipinski definition) is 3. The van der Waals surface area contributed by atoms with Crippen molar-refractivity contribution in [2.75, 3.05) is 26.0 Å². The molecule has 0 aliphatic heterocycles. The second-order valence-electron chi connectivity index (χ2n) is 6.73. The van der Waals surface area contributed by atoms with Crippen LogP contribution in [0.2, 0.25) is 0 Å². The Labute approximate surface area is 150 Å². The lowest BCUT2D eigenvalue weighted by atomic mass is 10.1. The highest BCUT2D eigenvalue weighted by Gasteiger charge is 2.11. The predicted molar refractivity (Wildman–Crippen MR) is 103 cm³/mol. The summed E-state index contributed by atoms with van der Waals surface area (Å²) in [6, 6.07) is 10.2. The summed E-state index contributed by atoms with van der Waals surface area (Å²) in [5.74, 6) is 0.928. The molecule has 0 spiro atoms. The molecule has 0 heterocycles. The molecule has 2 aromatic carbocycles. The van der Waals surface area contributed by atoms with Crippen LogP contribution >= 0.6 is 0 Å². The van der Waals surface area contributed by atoms with E-state index in [-0.39, 0.29) is 5.91 Å². The molecule has 2 rings (SSSR count). The average molecular weight is 340 g/mol. The number of anilines is 1. The quantitative estimate of drug-likeness (QED) is 0.864. The minimum Gasteiger partial charge on any atom is -0.496 e. The fraction of sp³-hybridized carbons (Fsp3) is 0.381. The molecule has 4 heteroatoms. The highest BCUT2D eigenvalue weighted by molar-refractivity contribution is 5.93. The molecular weight excluding hydrogens is 312 g/mol. The molecule has 1 N–H and O–H groups in total. The number of likely N-dealkylation sites (N-methyl/N-ethyl adjacent to an activating group) is 1. The van der Waals surface area contributed by atoms with Gasteiger partial charge in [-0.1, -0.05) is 24.3 Å². The van der Waals surface area contributed by atoms with E-state index < -0.39 is 0 Å². The fourth-order valence-electron chi connectivity index (χ4n) is 3.14. The smallest absolute Gasteiger partial charge is 0.238 e. The number of rotatable bonds is 6. The normalized spacial score (nSPS) is 10.8. The van der Waals surface area contributed by atoms with Crippen LogP contribution in [0.25, 0.3) is 0 Å². The summed E-state index contributed by atoms with van der Waals surface area (Å²) in [5.41, 5.74) is 6.58. The molecule has 1 amide bonds. The first kappa shape index (κ1) is 19.0. The number of carbonyl (C=O) groups excluding carboxylic acids is 1. The second kappa shape index (κ2) is 8.17. The number of amides is 1. The van der Waals surface area contributed by atoms with E-state index in [0.29, 0.717) is 13.1 Å². The lowest BCUT2D eigenvalue weighted by Crippen LogP contribution is -2.30. The van der Waals surface area contributed by atoms with Crippen LogP contribution in [0, 0.1) is 27.7 Å². The maximum absolute atomic E-state index is 12.3. The monoisotopic (exact) mass is 340 g/mol. The molecule has 0 unspecified atom stereocenters. The molecule has 0 bridgehead atoms.